The minimum Gasteiger partial charge on any atom is -0.508 e. The summed E-state index contributed by atoms with van der Waals surface area (Å²) in [5.41, 5.74) is 17.3. The van der Waals surface area contributed by atoms with Crippen LogP contribution in [0.5, 0.6) is 138 Å². The zero-order valence-electron chi connectivity index (χ0n) is 77.9. The molecule has 3 aliphatic rings. The first-order valence-electron chi connectivity index (χ1n) is 43.1. The maximum atomic E-state index is 13.6. The van der Waals surface area contributed by atoms with Crippen molar-refractivity contribution in [3.05, 3.63) is 311 Å². The van der Waals surface area contributed by atoms with Gasteiger partial charge in [0.2, 0.25) is 28.2 Å². The number of hydrogen-bond acceptors (Lipinski definition) is 38. The number of aliphatic hydroxyl groups excluding tert-OH is 1. The number of anilines is 1. The van der Waals surface area contributed by atoms with E-state index >= 15 is 0 Å². The Balaban J connectivity index is 0.000000163. The van der Waals surface area contributed by atoms with Gasteiger partial charge in [-0.2, -0.15) is 0 Å². The van der Waals surface area contributed by atoms with Crippen LogP contribution in [0.4, 0.5) is 5.88 Å². The molecule has 0 amide bonds. The van der Waals surface area contributed by atoms with E-state index in [1.807, 2.05) is 44.2 Å². The molecule has 1 aliphatic carbocycles. The van der Waals surface area contributed by atoms with Gasteiger partial charge >= 0.3 is 0 Å². The first-order valence-corrected chi connectivity index (χ1v) is 43.1. The predicted octanol–water partition coefficient (Wildman–Crippen LogP) is 16.1. The highest BCUT2D eigenvalue weighted by Crippen LogP contribution is 2.52. The number of ether oxygens (including phenoxy) is 3. The number of Topliss-reactive ketones (excluding diaryl/α,β-unsaturated/α-hetero) is 3. The number of rotatable bonds is 16. The third-order valence-corrected chi connectivity index (χ3v) is 22.6. The second-order valence-corrected chi connectivity index (χ2v) is 33.4. The fourth-order valence-electron chi connectivity index (χ4n) is 14.9. The van der Waals surface area contributed by atoms with Gasteiger partial charge in [0.15, 0.2) is 86.3 Å². The number of carbonyl (C=O) groups is 3. The molecule has 0 spiro atoms. The molecular formula is C106H100N4O34. The molecule has 38 nitrogen and oxygen atoms in total. The van der Waals surface area contributed by atoms with Crippen LogP contribution in [-0.4, -0.2) is 166 Å². The van der Waals surface area contributed by atoms with Gasteiger partial charge < -0.3 is 162 Å². The summed E-state index contributed by atoms with van der Waals surface area (Å²) >= 11 is 0. The maximum absolute atomic E-state index is 13.6. The molecule has 2 aliphatic heterocycles. The Morgan fingerprint density at radius 2 is 1.01 bits per heavy atom. The quantitative estimate of drug-likeness (QED) is 0.0243. The van der Waals surface area contributed by atoms with Gasteiger partial charge in [-0.15, -0.1) is 0 Å². The Morgan fingerprint density at radius 3 is 1.56 bits per heavy atom. The molecule has 4 unspecified atom stereocenters. The molecule has 28 N–H and O–H groups in total. The van der Waals surface area contributed by atoms with Crippen molar-refractivity contribution < 1.29 is 159 Å². The summed E-state index contributed by atoms with van der Waals surface area (Å²) in [5, 5.41) is 226. The van der Waals surface area contributed by atoms with Crippen molar-refractivity contribution in [1.29, 1.82) is 0 Å². The van der Waals surface area contributed by atoms with Gasteiger partial charge in [-0.1, -0.05) is 66.4 Å². The highest BCUT2D eigenvalue weighted by atomic mass is 16.5. The number of methoxy groups -OCH3 is 2. The first kappa shape index (κ1) is 105. The highest BCUT2D eigenvalue weighted by molar-refractivity contribution is 6.02. The van der Waals surface area contributed by atoms with Crippen molar-refractivity contribution >= 4 is 63.4 Å². The van der Waals surface area contributed by atoms with Gasteiger partial charge in [-0.05, 0) is 220 Å². The molecule has 0 fully saturated rings. The SMILES string of the molecule is C=C1C=C(O)C=C(/C=C/c2ccc(O)c(O)c2)O1.CC(=O)C(C)(N)Cc1ccc(O)c(O)c1.CC(=O)C(N)Cc1cc(O)c(O)cc1O.COc1ccc(C2CC(=O)C3=C(C2)Nc2onc(C)c2C3c2ccc(O)c(O)c2)cc1OC.Cc1c(O)cc(-c2oc3cc(O)cc(O)c3c(=O)c2O)cc1O.Cc1cc(O)cc(/C=C/c2ccc(O)c(O)c2)c1.O=c1c(O)c(-c2ccc(O)cc2O)oc2cc(O)cc(O)c12. The van der Waals surface area contributed by atoms with Crippen LogP contribution in [0.25, 0.3) is 62.8 Å². The summed E-state index contributed by atoms with van der Waals surface area (Å²) in [4.78, 5) is 60.0. The largest absolute Gasteiger partial charge is 0.508 e. The number of aromatic nitrogens is 1. The third kappa shape index (κ3) is 25.3. The number of aliphatic hydroxyl groups is 1. The number of phenolic OH excluding ortho intramolecular Hbond substituents is 20. The second-order valence-electron chi connectivity index (χ2n) is 33.4. The minimum absolute atomic E-state index is 0.00681. The van der Waals surface area contributed by atoms with Crippen molar-refractivity contribution in [2.45, 2.75) is 90.6 Å². The number of phenols is 20. The molecular weight excluding hydrogens is 1870 g/mol. The summed E-state index contributed by atoms with van der Waals surface area (Å²) in [7, 11) is 3.17. The molecule has 5 heterocycles. The number of hydrogen-bond donors (Lipinski definition) is 26. The summed E-state index contributed by atoms with van der Waals surface area (Å²) < 4.78 is 32.3. The molecule has 0 radical (unpaired) electrons. The van der Waals surface area contributed by atoms with Crippen LogP contribution < -0.4 is 37.1 Å². The van der Waals surface area contributed by atoms with Crippen LogP contribution in [-0.2, 0) is 32.0 Å². The molecule has 17 rings (SSSR count). The zero-order valence-corrected chi connectivity index (χ0v) is 77.9. The number of allylic oxidation sites excluding steroid dienone is 5. The van der Waals surface area contributed by atoms with Gasteiger partial charge in [0.05, 0.1) is 42.6 Å². The number of aryl methyl sites for hydroxylation is 2. The van der Waals surface area contributed by atoms with E-state index in [9.17, 15) is 126 Å². The van der Waals surface area contributed by atoms with Crippen LogP contribution in [0.1, 0.15) is 107 Å². The van der Waals surface area contributed by atoms with Gasteiger partial charge in [0.1, 0.15) is 108 Å². The predicted molar refractivity (Wildman–Crippen MR) is 527 cm³/mol. The van der Waals surface area contributed by atoms with Crippen LogP contribution in [0.15, 0.2) is 252 Å². The number of benzene rings is 11. The van der Waals surface area contributed by atoms with E-state index in [1.54, 1.807) is 75.8 Å². The number of carbonyl (C=O) groups excluding carboxylic acids is 3. The molecule has 38 heteroatoms. The number of ketones is 3. The van der Waals surface area contributed by atoms with E-state index in [0.717, 1.165) is 69.9 Å². The van der Waals surface area contributed by atoms with Crippen LogP contribution in [0.3, 0.4) is 0 Å². The van der Waals surface area contributed by atoms with Gasteiger partial charge in [0.25, 0.3) is 0 Å². The summed E-state index contributed by atoms with van der Waals surface area (Å²) in [6.45, 7) is 13.2. The number of nitrogens with zero attached hydrogens (tertiary/aromatic N) is 1. The monoisotopic (exact) mass is 1970 g/mol. The Bertz CT molecular complexity index is 7580. The average Bonchev–Trinajstić information content (AvgIpc) is 1.45. The van der Waals surface area contributed by atoms with Gasteiger partial charge in [-0.25, -0.2) is 0 Å². The topological polar surface area (TPSA) is 695 Å². The maximum Gasteiger partial charge on any atom is 0.238 e. The lowest BCUT2D eigenvalue weighted by atomic mass is 9.72. The van der Waals surface area contributed by atoms with E-state index in [-0.39, 0.29) is 178 Å². The highest BCUT2D eigenvalue weighted by Gasteiger charge is 2.42. The lowest BCUT2D eigenvalue weighted by Gasteiger charge is -2.34. The Hall–Kier alpha value is -19.0. The minimum atomic E-state index is -0.941. The number of nitrogens with one attached hydrogen (secondary N) is 1. The van der Waals surface area contributed by atoms with Crippen molar-refractivity contribution in [3.63, 3.8) is 0 Å². The van der Waals surface area contributed by atoms with Crippen LogP contribution >= 0.6 is 0 Å². The molecule has 0 saturated heterocycles. The lowest BCUT2D eigenvalue weighted by Crippen LogP contribution is -2.45. The number of nitrogens with two attached hydrogens (primary N) is 2. The van der Waals surface area contributed by atoms with Gasteiger partial charge in [0, 0.05) is 83.3 Å². The summed E-state index contributed by atoms with van der Waals surface area (Å²) in [6.07, 6.45) is 11.2. The smallest absolute Gasteiger partial charge is 0.238 e. The molecule has 748 valence electrons. The number of fused-ring (bicyclic) bond motifs is 3. The normalized spacial score (nSPS) is 14.0. The van der Waals surface area contributed by atoms with Crippen LogP contribution in [0, 0.1) is 20.8 Å². The fourth-order valence-corrected chi connectivity index (χ4v) is 14.9. The Morgan fingerprint density at radius 1 is 0.500 bits per heavy atom. The number of aromatic hydroxyl groups is 22. The van der Waals surface area contributed by atoms with Gasteiger partial charge in [-0.3, -0.25) is 24.0 Å². The van der Waals surface area contributed by atoms with Crippen LogP contribution in [0.2, 0.25) is 0 Å². The molecule has 144 heavy (non-hydrogen) atoms. The molecule has 11 aromatic carbocycles. The standard InChI is InChI=1S/C25H24N2O6.C16H12O7.C15H10O7.C15H14O3.C14H12O4.C11H15NO3.C10H13NO4/c1-12-22-23(14-4-6-17(28)18(29)9-14)24-16(26-25(22)33-27-12)8-15(10-19(24)30)13-5-7-20(31-2)21(11-13)32-3;1-6-9(18)2-7(3-10(6)19)16-15(22)14(21)13-11(20)4-8(17)5-12(13)23-16;16-6-1-2-8(9(18)3-6)15-14(21)13(20)12-10(19)4-7(17)5-11(12)22-15;1-10-6-12(8-13(16)7-10)3-2-11-4-5-14(17)15(18)9-11;1-9-6-11(15)8-12(18-9)4-2-10-3-5-13(16)14(17)7-10;1-7(13)11(2,12)6-8-3-4-9(14)10(15)5-8;1-5(12)7(11)2-6-3-9(14)10(15)4-8(6)13/h4-7,9,11,15,23,26,28-29H,8,10H2,1-3H3;2-5,17-20,22H,1H3;1-5,16-19,21H;2-9,16-18H,1H3;2-8,15-17H,1H2;3-5,14-15H,6,12H2,1-2H3;3-4,7,13-15H,2,11H2,1H3/b;;;3-2+;4-2+;;. The van der Waals surface area contributed by atoms with Crippen molar-refractivity contribution in [3.8, 4) is 161 Å². The van der Waals surface area contributed by atoms with Crippen molar-refractivity contribution in [1.82, 2.24) is 5.16 Å². The Kier molecular flexibility index (Phi) is 32.7. The zero-order chi connectivity index (χ0) is 106. The molecule has 0 bridgehead atoms. The fraction of sp³-hybridized carbons (Fsp3) is 0.151. The van der Waals surface area contributed by atoms with Crippen molar-refractivity contribution in [2.75, 3.05) is 19.5 Å². The second kappa shape index (κ2) is 44.7. The average molecular weight is 1970 g/mol. The molecule has 3 aromatic heterocycles. The third-order valence-electron chi connectivity index (χ3n) is 22.6. The van der Waals surface area contributed by atoms with E-state index in [1.165, 1.54) is 112 Å². The van der Waals surface area contributed by atoms with E-state index in [4.69, 9.17) is 54.4 Å². The van der Waals surface area contributed by atoms with Crippen molar-refractivity contribution in [2.24, 2.45) is 11.5 Å². The summed E-state index contributed by atoms with van der Waals surface area (Å²) in [5.74, 6) is -5.56. The molecule has 0 saturated carbocycles. The lowest BCUT2D eigenvalue weighted by molar-refractivity contribution is -0.121. The first-order chi connectivity index (χ1) is 67.9. The van der Waals surface area contributed by atoms with E-state index in [0.29, 0.717) is 81.7 Å². The van der Waals surface area contributed by atoms with E-state index < -0.39 is 62.9 Å². The van der Waals surface area contributed by atoms with E-state index in [2.05, 4.69) is 17.1 Å². The Labute approximate surface area is 817 Å². The molecule has 14 aromatic rings. The summed E-state index contributed by atoms with van der Waals surface area (Å²) in [6, 6.07) is 40.5. The molecule has 4 atom stereocenters.